The second-order valence-electron chi connectivity index (χ2n) is 8.18. The summed E-state index contributed by atoms with van der Waals surface area (Å²) < 4.78 is 13.5. The number of pyridine rings is 1. The molecule has 1 amide bonds. The number of carbonyl (C=O) groups is 1. The highest BCUT2D eigenvalue weighted by Gasteiger charge is 2.32. The summed E-state index contributed by atoms with van der Waals surface area (Å²) in [6.07, 6.45) is 1.25. The van der Waals surface area contributed by atoms with Crippen molar-refractivity contribution in [1.29, 1.82) is 0 Å². The minimum atomic E-state index is -0.563. The Hall–Kier alpha value is -2.91. The van der Waals surface area contributed by atoms with Crippen LogP contribution in [-0.2, 0) is 27.4 Å². The average Bonchev–Trinajstić information content (AvgIpc) is 2.87. The van der Waals surface area contributed by atoms with Crippen molar-refractivity contribution < 1.29 is 24.1 Å². The molecule has 0 radical (unpaired) electrons. The van der Waals surface area contributed by atoms with Gasteiger partial charge in [-0.25, -0.2) is 0 Å². The Labute approximate surface area is 203 Å². The van der Waals surface area contributed by atoms with Crippen molar-refractivity contribution in [3.63, 3.8) is 0 Å². The quantitative estimate of drug-likeness (QED) is 0.289. The molecule has 1 saturated heterocycles. The van der Waals surface area contributed by atoms with Crippen LogP contribution in [0.5, 0.6) is 0 Å². The van der Waals surface area contributed by atoms with E-state index in [0.29, 0.717) is 23.7 Å². The molecule has 0 bridgehead atoms. The topological polar surface area (TPSA) is 94.7 Å². The number of hydrogen-bond acceptors (Lipinski definition) is 6. The Bertz CT molecular complexity index is 1090. The van der Waals surface area contributed by atoms with Crippen LogP contribution >= 0.6 is 11.8 Å². The molecule has 0 unspecified atom stereocenters. The number of hydrogen-bond donors (Lipinski definition) is 2. The normalized spacial score (nSPS) is 20.1. The first kappa shape index (κ1) is 24.2. The first-order chi connectivity index (χ1) is 16.5. The van der Waals surface area contributed by atoms with Crippen molar-refractivity contribution in [3.05, 3.63) is 100 Å². The second kappa shape index (κ2) is 11.5. The van der Waals surface area contributed by atoms with E-state index in [1.54, 1.807) is 12.1 Å². The lowest BCUT2D eigenvalue weighted by Crippen LogP contribution is -2.32. The molecule has 2 N–H and O–H groups in total. The molecule has 3 atom stereocenters. The Morgan fingerprint density at radius 3 is 2.44 bits per heavy atom. The summed E-state index contributed by atoms with van der Waals surface area (Å²) in [7, 11) is 0. The number of ether oxygens (including phenoxy) is 2. The molecule has 8 heteroatoms. The molecule has 0 saturated carbocycles. The fourth-order valence-electron chi connectivity index (χ4n) is 3.74. The third-order valence-corrected chi connectivity index (χ3v) is 6.76. The van der Waals surface area contributed by atoms with Gasteiger partial charge in [-0.1, -0.05) is 60.3 Å². The van der Waals surface area contributed by atoms with Crippen LogP contribution in [0.1, 0.15) is 48.0 Å². The van der Waals surface area contributed by atoms with E-state index in [0.717, 1.165) is 27.0 Å². The van der Waals surface area contributed by atoms with Gasteiger partial charge in [-0.15, -0.1) is 0 Å². The maximum absolute atomic E-state index is 12.0. The van der Waals surface area contributed by atoms with Gasteiger partial charge in [0, 0.05) is 43.3 Å². The van der Waals surface area contributed by atoms with E-state index in [-0.39, 0.29) is 24.7 Å². The van der Waals surface area contributed by atoms with Gasteiger partial charge in [0.15, 0.2) is 12.5 Å². The van der Waals surface area contributed by atoms with Crippen molar-refractivity contribution >= 4 is 17.7 Å². The van der Waals surface area contributed by atoms with Crippen molar-refractivity contribution in [2.75, 3.05) is 5.75 Å². The van der Waals surface area contributed by atoms with Gasteiger partial charge in [0.2, 0.25) is 5.91 Å². The smallest absolute Gasteiger partial charge is 0.251 e. The maximum atomic E-state index is 12.0. The number of aromatic nitrogens is 1. The van der Waals surface area contributed by atoms with E-state index in [9.17, 15) is 15.1 Å². The van der Waals surface area contributed by atoms with E-state index in [2.05, 4.69) is 5.32 Å². The molecule has 178 valence electrons. The van der Waals surface area contributed by atoms with E-state index in [4.69, 9.17) is 9.47 Å². The predicted octanol–water partition coefficient (Wildman–Crippen LogP) is 3.79. The number of carbonyl (C=O) groups excluding carboxylic acids is 1. The number of thioether (sulfide) groups is 1. The Morgan fingerprint density at radius 1 is 1.06 bits per heavy atom. The van der Waals surface area contributed by atoms with Crippen molar-refractivity contribution in [1.82, 2.24) is 5.32 Å². The highest BCUT2D eigenvalue weighted by atomic mass is 32.2. The molecule has 0 aliphatic carbocycles. The van der Waals surface area contributed by atoms with Crippen LogP contribution in [0.2, 0.25) is 0 Å². The summed E-state index contributed by atoms with van der Waals surface area (Å²) in [6.45, 7) is 1.95. The number of aliphatic hydroxyl groups is 1. The molecular formula is C26H28N2O5S. The molecule has 2 heterocycles. The van der Waals surface area contributed by atoms with Gasteiger partial charge >= 0.3 is 0 Å². The zero-order chi connectivity index (χ0) is 23.9. The predicted molar refractivity (Wildman–Crippen MR) is 129 cm³/mol. The van der Waals surface area contributed by atoms with Gasteiger partial charge in [-0.3, -0.25) is 4.79 Å². The third kappa shape index (κ3) is 6.36. The Balaban J connectivity index is 1.51. The van der Waals surface area contributed by atoms with Crippen LogP contribution in [0.3, 0.4) is 0 Å². The highest BCUT2D eigenvalue weighted by Crippen LogP contribution is 2.39. The molecule has 1 aliphatic heterocycles. The third-order valence-electron chi connectivity index (χ3n) is 5.61. The lowest BCUT2D eigenvalue weighted by molar-refractivity contribution is -0.645. The Morgan fingerprint density at radius 2 is 1.76 bits per heavy atom. The van der Waals surface area contributed by atoms with Crippen molar-refractivity contribution in [2.45, 2.75) is 50.0 Å². The summed E-state index contributed by atoms with van der Waals surface area (Å²) in [5.41, 5.74) is 3.73. The molecule has 34 heavy (non-hydrogen) atoms. The summed E-state index contributed by atoms with van der Waals surface area (Å²) in [6, 6.07) is 20.9. The molecule has 0 spiro atoms. The summed E-state index contributed by atoms with van der Waals surface area (Å²) in [5, 5.41) is 24.8. The summed E-state index contributed by atoms with van der Waals surface area (Å²) >= 11 is 1.46. The van der Waals surface area contributed by atoms with E-state index in [1.165, 1.54) is 24.9 Å². The molecule has 4 rings (SSSR count). The standard InChI is InChI=1S/C26H28N2O5S/c1-18(30)27-15-19-5-11-22(12-6-19)26-32-23(17-34-25-4-2-3-13-28(25)31)14-24(33-26)21-9-7-20(16-29)8-10-21/h2-13,23-24,26,29H,14-17H2,1H3,(H,27,30)/t23-,24+,26+/m1/s1. The minimum absolute atomic E-state index is 0.00604. The lowest BCUT2D eigenvalue weighted by atomic mass is 10.0. The van der Waals surface area contributed by atoms with Crippen LogP contribution in [0.4, 0.5) is 0 Å². The van der Waals surface area contributed by atoms with Gasteiger partial charge in [0.1, 0.15) is 0 Å². The van der Waals surface area contributed by atoms with Crippen LogP contribution in [0.15, 0.2) is 78.0 Å². The number of rotatable bonds is 8. The largest absolute Gasteiger partial charge is 0.618 e. The van der Waals surface area contributed by atoms with Gasteiger partial charge in [0.25, 0.3) is 5.03 Å². The van der Waals surface area contributed by atoms with Gasteiger partial charge in [-0.2, -0.15) is 4.73 Å². The number of aliphatic hydroxyl groups excluding tert-OH is 1. The molecular weight excluding hydrogens is 452 g/mol. The molecule has 1 fully saturated rings. The van der Waals surface area contributed by atoms with Gasteiger partial charge in [-0.05, 0) is 22.8 Å². The number of nitrogens with one attached hydrogen (secondary N) is 1. The summed E-state index contributed by atoms with van der Waals surface area (Å²) in [4.78, 5) is 11.2. The second-order valence-corrected chi connectivity index (χ2v) is 9.22. The first-order valence-corrected chi connectivity index (χ1v) is 12.2. The molecule has 3 aromatic rings. The fraction of sp³-hybridized carbons (Fsp3) is 0.308. The number of nitrogens with zero attached hydrogens (tertiary/aromatic N) is 1. The SMILES string of the molecule is CC(=O)NCc1ccc([C@H]2O[C@@H](CSc3cccc[n+]3[O-])C[C@@H](c3ccc(CO)cc3)O2)cc1. The van der Waals surface area contributed by atoms with Crippen molar-refractivity contribution in [2.24, 2.45) is 0 Å². The van der Waals surface area contributed by atoms with Gasteiger partial charge in [0.05, 0.1) is 18.8 Å². The van der Waals surface area contributed by atoms with Crippen molar-refractivity contribution in [3.8, 4) is 0 Å². The van der Waals surface area contributed by atoms with Crippen LogP contribution in [0, 0.1) is 5.21 Å². The van der Waals surface area contributed by atoms with E-state index < -0.39 is 6.29 Å². The van der Waals surface area contributed by atoms with Crippen LogP contribution < -0.4 is 10.0 Å². The lowest BCUT2D eigenvalue weighted by Gasteiger charge is -2.36. The number of amides is 1. The maximum Gasteiger partial charge on any atom is 0.251 e. The van der Waals surface area contributed by atoms with Crippen LogP contribution in [0.25, 0.3) is 0 Å². The first-order valence-electron chi connectivity index (χ1n) is 11.2. The average molecular weight is 481 g/mol. The zero-order valence-corrected chi connectivity index (χ0v) is 19.7. The fourth-order valence-corrected chi connectivity index (χ4v) is 4.68. The zero-order valence-electron chi connectivity index (χ0n) is 18.9. The number of benzene rings is 2. The monoisotopic (exact) mass is 480 g/mol. The molecule has 1 aromatic heterocycles. The minimum Gasteiger partial charge on any atom is -0.618 e. The van der Waals surface area contributed by atoms with E-state index in [1.807, 2.05) is 54.6 Å². The van der Waals surface area contributed by atoms with Crippen LogP contribution in [-0.4, -0.2) is 22.9 Å². The van der Waals surface area contributed by atoms with Gasteiger partial charge < -0.3 is 25.1 Å². The Kier molecular flexibility index (Phi) is 8.18. The summed E-state index contributed by atoms with van der Waals surface area (Å²) in [5.74, 6) is 0.536. The molecule has 7 nitrogen and oxygen atoms in total. The highest BCUT2D eigenvalue weighted by molar-refractivity contribution is 7.99. The molecule has 1 aliphatic rings. The van der Waals surface area contributed by atoms with E-state index >= 15 is 0 Å². The molecule has 2 aromatic carbocycles.